The molecule has 2 rings (SSSR count). The summed E-state index contributed by atoms with van der Waals surface area (Å²) in [6, 6.07) is 3.79. The number of aromatic nitrogens is 3. The zero-order valence-corrected chi connectivity index (χ0v) is 7.03. The summed E-state index contributed by atoms with van der Waals surface area (Å²) in [6.07, 6.45) is 3.35. The van der Waals surface area contributed by atoms with Crippen LogP contribution < -0.4 is 5.32 Å². The monoisotopic (exact) mass is 178 g/mol. The molecule has 2 heterocycles. The number of hydrogen-bond acceptors (Lipinski definition) is 4. The van der Waals surface area contributed by atoms with E-state index in [9.17, 15) is 0 Å². The average molecular weight is 178 g/mol. The summed E-state index contributed by atoms with van der Waals surface area (Å²) in [4.78, 5) is 0. The fourth-order valence-corrected chi connectivity index (χ4v) is 1.04. The van der Waals surface area contributed by atoms with E-state index in [0.29, 0.717) is 13.1 Å². The molecule has 0 saturated carbocycles. The molecule has 0 spiro atoms. The van der Waals surface area contributed by atoms with Gasteiger partial charge >= 0.3 is 0 Å². The molecular weight excluding hydrogens is 168 g/mol. The van der Waals surface area contributed by atoms with Crippen molar-refractivity contribution in [2.75, 3.05) is 0 Å². The fourth-order valence-electron chi connectivity index (χ4n) is 1.04. The summed E-state index contributed by atoms with van der Waals surface area (Å²) >= 11 is 0. The Morgan fingerprint density at radius 2 is 2.46 bits per heavy atom. The molecule has 0 atom stereocenters. The molecule has 2 aromatic heterocycles. The molecule has 5 nitrogen and oxygen atoms in total. The SMILES string of the molecule is c1coc(CNCc2cn[nH]n2)c1. The van der Waals surface area contributed by atoms with Gasteiger partial charge in [-0.05, 0) is 12.1 Å². The van der Waals surface area contributed by atoms with Crippen molar-refractivity contribution in [1.29, 1.82) is 0 Å². The summed E-state index contributed by atoms with van der Waals surface area (Å²) < 4.78 is 5.15. The van der Waals surface area contributed by atoms with Crippen molar-refractivity contribution in [2.45, 2.75) is 13.1 Å². The molecule has 0 aliphatic heterocycles. The smallest absolute Gasteiger partial charge is 0.117 e. The molecule has 0 aliphatic carbocycles. The van der Waals surface area contributed by atoms with Crippen LogP contribution in [0.4, 0.5) is 0 Å². The lowest BCUT2D eigenvalue weighted by atomic mass is 10.4. The average Bonchev–Trinajstić information content (AvgIpc) is 2.75. The third kappa shape index (κ3) is 2.16. The van der Waals surface area contributed by atoms with Crippen molar-refractivity contribution in [2.24, 2.45) is 0 Å². The van der Waals surface area contributed by atoms with Crippen LogP contribution in [0.2, 0.25) is 0 Å². The number of hydrogen-bond donors (Lipinski definition) is 2. The van der Waals surface area contributed by atoms with Gasteiger partial charge < -0.3 is 9.73 Å². The normalized spacial score (nSPS) is 10.5. The Bertz CT molecular complexity index is 293. The predicted octanol–water partition coefficient (Wildman–Crippen LogP) is 0.687. The van der Waals surface area contributed by atoms with E-state index in [1.54, 1.807) is 12.5 Å². The van der Waals surface area contributed by atoms with Crippen LogP contribution in [-0.2, 0) is 13.1 Å². The predicted molar refractivity (Wildman–Crippen MR) is 45.6 cm³/mol. The van der Waals surface area contributed by atoms with E-state index in [-0.39, 0.29) is 0 Å². The second-order valence-electron chi connectivity index (χ2n) is 2.64. The first kappa shape index (κ1) is 8.00. The van der Waals surface area contributed by atoms with Crippen molar-refractivity contribution < 1.29 is 4.42 Å². The molecule has 0 bridgehead atoms. The van der Waals surface area contributed by atoms with E-state index >= 15 is 0 Å². The number of rotatable bonds is 4. The molecule has 0 fully saturated rings. The molecule has 0 saturated heterocycles. The van der Waals surface area contributed by atoms with Crippen LogP contribution in [-0.4, -0.2) is 15.4 Å². The third-order valence-corrected chi connectivity index (χ3v) is 1.65. The second-order valence-corrected chi connectivity index (χ2v) is 2.64. The van der Waals surface area contributed by atoms with Crippen LogP contribution in [0.15, 0.2) is 29.0 Å². The highest BCUT2D eigenvalue weighted by molar-refractivity contribution is 4.98. The zero-order chi connectivity index (χ0) is 8.93. The van der Waals surface area contributed by atoms with Crippen molar-refractivity contribution >= 4 is 0 Å². The van der Waals surface area contributed by atoms with Crippen molar-refractivity contribution in [3.05, 3.63) is 36.0 Å². The molecule has 0 aromatic carbocycles. The first-order chi connectivity index (χ1) is 6.45. The number of furan rings is 1. The highest BCUT2D eigenvalue weighted by atomic mass is 16.3. The van der Waals surface area contributed by atoms with Gasteiger partial charge in [0, 0.05) is 6.54 Å². The lowest BCUT2D eigenvalue weighted by Gasteiger charge is -1.97. The maximum absolute atomic E-state index is 5.15. The minimum Gasteiger partial charge on any atom is -0.468 e. The lowest BCUT2D eigenvalue weighted by molar-refractivity contribution is 0.481. The summed E-state index contributed by atoms with van der Waals surface area (Å²) in [6.45, 7) is 1.40. The van der Waals surface area contributed by atoms with Gasteiger partial charge in [0.25, 0.3) is 0 Å². The van der Waals surface area contributed by atoms with Crippen LogP contribution >= 0.6 is 0 Å². The van der Waals surface area contributed by atoms with Crippen molar-refractivity contribution in [3.63, 3.8) is 0 Å². The minimum atomic E-state index is 0.692. The van der Waals surface area contributed by atoms with E-state index < -0.39 is 0 Å². The maximum Gasteiger partial charge on any atom is 0.117 e. The molecule has 0 unspecified atom stereocenters. The summed E-state index contributed by atoms with van der Waals surface area (Å²) in [7, 11) is 0. The van der Waals surface area contributed by atoms with Crippen LogP contribution in [0.1, 0.15) is 11.5 Å². The third-order valence-electron chi connectivity index (χ3n) is 1.65. The van der Waals surface area contributed by atoms with E-state index in [0.717, 1.165) is 11.5 Å². The number of nitrogens with zero attached hydrogens (tertiary/aromatic N) is 2. The van der Waals surface area contributed by atoms with Crippen molar-refractivity contribution in [1.82, 2.24) is 20.7 Å². The van der Waals surface area contributed by atoms with Gasteiger partial charge in [-0.15, -0.1) is 0 Å². The van der Waals surface area contributed by atoms with Gasteiger partial charge in [0.15, 0.2) is 0 Å². The molecule has 5 heteroatoms. The largest absolute Gasteiger partial charge is 0.468 e. The van der Waals surface area contributed by atoms with Gasteiger partial charge in [-0.1, -0.05) is 0 Å². The minimum absolute atomic E-state index is 0.692. The Morgan fingerprint density at radius 3 is 3.15 bits per heavy atom. The van der Waals surface area contributed by atoms with Crippen molar-refractivity contribution in [3.8, 4) is 0 Å². The highest BCUT2D eigenvalue weighted by Gasteiger charge is 1.96. The van der Waals surface area contributed by atoms with Crippen LogP contribution in [0.3, 0.4) is 0 Å². The summed E-state index contributed by atoms with van der Waals surface area (Å²) in [5.74, 6) is 0.920. The molecule has 68 valence electrons. The number of nitrogens with one attached hydrogen (secondary N) is 2. The number of aromatic amines is 1. The first-order valence-electron chi connectivity index (χ1n) is 4.03. The van der Waals surface area contributed by atoms with Crippen LogP contribution in [0.25, 0.3) is 0 Å². The fraction of sp³-hybridized carbons (Fsp3) is 0.250. The highest BCUT2D eigenvalue weighted by Crippen LogP contribution is 1.99. The maximum atomic E-state index is 5.15. The quantitative estimate of drug-likeness (QED) is 0.722. The van der Waals surface area contributed by atoms with E-state index in [1.807, 2.05) is 12.1 Å². The summed E-state index contributed by atoms with van der Waals surface area (Å²) in [5, 5.41) is 13.3. The van der Waals surface area contributed by atoms with E-state index in [4.69, 9.17) is 4.42 Å². The second kappa shape index (κ2) is 3.86. The Morgan fingerprint density at radius 1 is 1.46 bits per heavy atom. The van der Waals surface area contributed by atoms with Gasteiger partial charge in [0.1, 0.15) is 5.76 Å². The van der Waals surface area contributed by atoms with Crippen LogP contribution in [0, 0.1) is 0 Å². The van der Waals surface area contributed by atoms with Gasteiger partial charge in [-0.3, -0.25) is 0 Å². The molecule has 0 aliphatic rings. The molecular formula is C8H10N4O. The molecule has 0 amide bonds. The topological polar surface area (TPSA) is 66.7 Å². The molecule has 2 aromatic rings. The van der Waals surface area contributed by atoms with Gasteiger partial charge in [-0.25, -0.2) is 0 Å². The Hall–Kier alpha value is -1.62. The Balaban J connectivity index is 1.76. The molecule has 2 N–H and O–H groups in total. The number of H-pyrrole nitrogens is 1. The summed E-state index contributed by atoms with van der Waals surface area (Å²) in [5.41, 5.74) is 0.895. The van der Waals surface area contributed by atoms with E-state index in [1.165, 1.54) is 0 Å². The molecule has 0 radical (unpaired) electrons. The Kier molecular flexibility index (Phi) is 2.38. The van der Waals surface area contributed by atoms with Gasteiger partial charge in [-0.2, -0.15) is 15.4 Å². The van der Waals surface area contributed by atoms with Crippen LogP contribution in [0.5, 0.6) is 0 Å². The molecule has 13 heavy (non-hydrogen) atoms. The first-order valence-corrected chi connectivity index (χ1v) is 4.03. The Labute approximate surface area is 75.1 Å². The standard InChI is InChI=1S/C8H10N4O/c1-2-8(13-3-1)6-9-4-7-5-10-12-11-7/h1-3,5,9H,4,6H2,(H,10,11,12). The van der Waals surface area contributed by atoms with E-state index in [2.05, 4.69) is 20.7 Å². The van der Waals surface area contributed by atoms with Gasteiger partial charge in [0.2, 0.25) is 0 Å². The zero-order valence-electron chi connectivity index (χ0n) is 7.03. The van der Waals surface area contributed by atoms with Gasteiger partial charge in [0.05, 0.1) is 24.7 Å². The lowest BCUT2D eigenvalue weighted by Crippen LogP contribution is -2.12.